The molecule has 1 aliphatic heterocycles. The highest BCUT2D eigenvalue weighted by Crippen LogP contribution is 2.12. The van der Waals surface area contributed by atoms with Gasteiger partial charge in [-0.25, -0.2) is 9.18 Å². The lowest BCUT2D eigenvalue weighted by Gasteiger charge is -2.36. The van der Waals surface area contributed by atoms with Crippen molar-refractivity contribution in [1.29, 1.82) is 0 Å². The van der Waals surface area contributed by atoms with Crippen molar-refractivity contribution in [2.45, 2.75) is 12.2 Å². The van der Waals surface area contributed by atoms with Gasteiger partial charge in [0.15, 0.2) is 0 Å². The molecule has 0 aliphatic carbocycles. The molecule has 1 fully saturated rings. The van der Waals surface area contributed by atoms with Gasteiger partial charge in [-0.3, -0.25) is 4.79 Å². The molecule has 2 amide bonds. The fraction of sp³-hybridized carbons (Fsp3) is 0.750. The summed E-state index contributed by atoms with van der Waals surface area (Å²) in [6, 6.07) is -0.958. The zero-order valence-corrected chi connectivity index (χ0v) is 8.27. The van der Waals surface area contributed by atoms with Crippen LogP contribution in [0.25, 0.3) is 0 Å². The number of carbonyl (C=O) groups excluding carboxylic acids is 1. The summed E-state index contributed by atoms with van der Waals surface area (Å²) < 4.78 is 17.2. The molecule has 86 valence electrons. The van der Waals surface area contributed by atoms with Crippen molar-refractivity contribution in [1.82, 2.24) is 10.2 Å². The van der Waals surface area contributed by atoms with Crippen molar-refractivity contribution in [3.8, 4) is 0 Å². The Balaban J connectivity index is 2.47. The molecular weight excluding hydrogens is 207 g/mol. The maximum absolute atomic E-state index is 12.5. The van der Waals surface area contributed by atoms with Gasteiger partial charge in [-0.1, -0.05) is 0 Å². The van der Waals surface area contributed by atoms with E-state index in [4.69, 9.17) is 9.84 Å². The molecule has 0 bridgehead atoms. The first-order valence-electron chi connectivity index (χ1n) is 4.46. The van der Waals surface area contributed by atoms with E-state index in [2.05, 4.69) is 0 Å². The minimum atomic E-state index is -1.30. The molecule has 1 saturated heterocycles. The molecule has 1 rings (SSSR count). The number of carbonyl (C=O) groups is 2. The van der Waals surface area contributed by atoms with Gasteiger partial charge in [-0.15, -0.1) is 0 Å². The minimum Gasteiger partial charge on any atom is -0.465 e. The van der Waals surface area contributed by atoms with E-state index in [1.165, 1.54) is 12.0 Å². The van der Waals surface area contributed by atoms with Crippen molar-refractivity contribution in [3.05, 3.63) is 0 Å². The second-order valence-corrected chi connectivity index (χ2v) is 3.30. The van der Waals surface area contributed by atoms with Crippen LogP contribution in [0, 0.1) is 0 Å². The Labute approximate surface area is 86.0 Å². The third-order valence-corrected chi connectivity index (χ3v) is 2.08. The Hall–Kier alpha value is -1.37. The smallest absolute Gasteiger partial charge is 0.405 e. The van der Waals surface area contributed by atoms with Crippen LogP contribution < -0.4 is 5.32 Å². The molecular formula is C8H13FN2O4. The van der Waals surface area contributed by atoms with Crippen molar-refractivity contribution in [3.63, 3.8) is 0 Å². The topological polar surface area (TPSA) is 78.9 Å². The highest BCUT2D eigenvalue weighted by Gasteiger charge is 2.35. The second-order valence-electron chi connectivity index (χ2n) is 3.30. The number of rotatable bonds is 4. The molecule has 1 aliphatic rings. The van der Waals surface area contributed by atoms with Gasteiger partial charge in [0.2, 0.25) is 5.91 Å². The van der Waals surface area contributed by atoms with Gasteiger partial charge in [0, 0.05) is 7.11 Å². The van der Waals surface area contributed by atoms with E-state index in [9.17, 15) is 14.0 Å². The SMILES string of the molecule is COC[C@@H](NC(=O)O)C(=O)N1CC(F)C1. The van der Waals surface area contributed by atoms with Crippen LogP contribution in [0.4, 0.5) is 9.18 Å². The van der Waals surface area contributed by atoms with Crippen LogP contribution in [0.15, 0.2) is 0 Å². The molecule has 6 nitrogen and oxygen atoms in total. The summed E-state index contributed by atoms with van der Waals surface area (Å²) in [4.78, 5) is 23.2. The van der Waals surface area contributed by atoms with E-state index in [0.29, 0.717) is 0 Å². The minimum absolute atomic E-state index is 0.0281. The lowest BCUT2D eigenvalue weighted by molar-refractivity contribution is -0.141. The highest BCUT2D eigenvalue weighted by molar-refractivity contribution is 5.86. The maximum atomic E-state index is 12.5. The number of amides is 2. The Bertz CT molecular complexity index is 255. The molecule has 0 aromatic carbocycles. The highest BCUT2D eigenvalue weighted by atomic mass is 19.1. The number of nitrogens with zero attached hydrogens (tertiary/aromatic N) is 1. The van der Waals surface area contributed by atoms with Crippen LogP contribution >= 0.6 is 0 Å². The zero-order chi connectivity index (χ0) is 11.4. The Morgan fingerprint density at radius 1 is 1.67 bits per heavy atom. The Kier molecular flexibility index (Phi) is 3.84. The number of alkyl halides is 1. The van der Waals surface area contributed by atoms with Gasteiger partial charge in [0.25, 0.3) is 0 Å². The van der Waals surface area contributed by atoms with Crippen LogP contribution in [0.5, 0.6) is 0 Å². The molecule has 2 N–H and O–H groups in total. The van der Waals surface area contributed by atoms with Crippen molar-refractivity contribution in [2.24, 2.45) is 0 Å². The lowest BCUT2D eigenvalue weighted by atomic mass is 10.1. The summed E-state index contributed by atoms with van der Waals surface area (Å²) in [6.07, 6.45) is -2.30. The molecule has 0 saturated carbocycles. The number of methoxy groups -OCH3 is 1. The summed E-state index contributed by atoms with van der Waals surface area (Å²) in [5.74, 6) is -0.451. The molecule has 1 heterocycles. The van der Waals surface area contributed by atoms with Gasteiger partial charge >= 0.3 is 6.09 Å². The first kappa shape index (κ1) is 11.7. The molecule has 0 aromatic rings. The maximum Gasteiger partial charge on any atom is 0.405 e. The normalized spacial score (nSPS) is 18.1. The van der Waals surface area contributed by atoms with E-state index < -0.39 is 24.2 Å². The molecule has 0 unspecified atom stereocenters. The number of halogens is 1. The molecule has 0 spiro atoms. The summed E-state index contributed by atoms with van der Waals surface area (Å²) >= 11 is 0. The lowest BCUT2D eigenvalue weighted by Crippen LogP contribution is -2.59. The summed E-state index contributed by atoms with van der Waals surface area (Å²) in [5, 5.41) is 10.5. The molecule has 0 radical (unpaired) electrons. The monoisotopic (exact) mass is 220 g/mol. The predicted molar refractivity (Wildman–Crippen MR) is 48.3 cm³/mol. The van der Waals surface area contributed by atoms with Crippen LogP contribution in [0.2, 0.25) is 0 Å². The average Bonchev–Trinajstić information content (AvgIpc) is 2.10. The van der Waals surface area contributed by atoms with Gasteiger partial charge in [0.1, 0.15) is 12.2 Å². The first-order valence-corrected chi connectivity index (χ1v) is 4.46. The molecule has 0 aromatic heterocycles. The van der Waals surface area contributed by atoms with Crippen molar-refractivity contribution >= 4 is 12.0 Å². The van der Waals surface area contributed by atoms with Gasteiger partial charge in [0.05, 0.1) is 19.7 Å². The van der Waals surface area contributed by atoms with Gasteiger partial charge in [-0.2, -0.15) is 0 Å². The fourth-order valence-electron chi connectivity index (χ4n) is 1.32. The summed E-state index contributed by atoms with van der Waals surface area (Å²) in [5.41, 5.74) is 0. The van der Waals surface area contributed by atoms with Crippen LogP contribution in [-0.2, 0) is 9.53 Å². The molecule has 7 heteroatoms. The van der Waals surface area contributed by atoms with E-state index in [1.54, 1.807) is 0 Å². The predicted octanol–water partition coefficient (Wildman–Crippen LogP) is -0.551. The summed E-state index contributed by atoms with van der Waals surface area (Å²) in [7, 11) is 1.36. The number of nitrogens with one attached hydrogen (secondary N) is 1. The van der Waals surface area contributed by atoms with Crippen LogP contribution in [0.1, 0.15) is 0 Å². The van der Waals surface area contributed by atoms with E-state index >= 15 is 0 Å². The van der Waals surface area contributed by atoms with Gasteiger partial charge in [-0.05, 0) is 0 Å². The second kappa shape index (κ2) is 4.92. The zero-order valence-electron chi connectivity index (χ0n) is 8.27. The fourth-order valence-corrected chi connectivity index (χ4v) is 1.32. The molecule has 15 heavy (non-hydrogen) atoms. The van der Waals surface area contributed by atoms with Gasteiger partial charge < -0.3 is 20.1 Å². The van der Waals surface area contributed by atoms with Crippen LogP contribution in [-0.4, -0.2) is 61.0 Å². The molecule has 1 atom stereocenters. The Morgan fingerprint density at radius 3 is 2.67 bits per heavy atom. The third-order valence-electron chi connectivity index (χ3n) is 2.08. The number of hydrogen-bond acceptors (Lipinski definition) is 3. The Morgan fingerprint density at radius 2 is 2.27 bits per heavy atom. The van der Waals surface area contributed by atoms with Crippen molar-refractivity contribution < 1.29 is 23.8 Å². The number of hydrogen-bond donors (Lipinski definition) is 2. The van der Waals surface area contributed by atoms with E-state index in [1.807, 2.05) is 5.32 Å². The van der Waals surface area contributed by atoms with Crippen LogP contribution in [0.3, 0.4) is 0 Å². The van der Waals surface area contributed by atoms with Crippen molar-refractivity contribution in [2.75, 3.05) is 26.8 Å². The average molecular weight is 220 g/mol. The van der Waals surface area contributed by atoms with E-state index in [0.717, 1.165) is 0 Å². The summed E-state index contributed by atoms with van der Waals surface area (Å²) in [6.45, 7) is -0.000715. The number of ether oxygens (including phenoxy) is 1. The first-order chi connectivity index (χ1) is 7.04. The quantitative estimate of drug-likeness (QED) is 0.666. The third kappa shape index (κ3) is 3.05. The largest absolute Gasteiger partial charge is 0.465 e. The number of likely N-dealkylation sites (tertiary alicyclic amines) is 1. The standard InChI is InChI=1S/C8H13FN2O4/c1-15-4-6(10-8(13)14)7(12)11-2-5(9)3-11/h5-6,10H,2-4H2,1H3,(H,13,14)/t6-/m1/s1. The van der Waals surface area contributed by atoms with E-state index in [-0.39, 0.29) is 19.7 Å². The number of carboxylic acid groups (broad SMARTS) is 1.